The number of carbonyl (C=O) groups is 1. The second-order valence-electron chi connectivity index (χ2n) is 8.09. The molecule has 164 valence electrons. The summed E-state index contributed by atoms with van der Waals surface area (Å²) in [5, 5.41) is 9.82. The molecule has 2 aromatic heterocycles. The summed E-state index contributed by atoms with van der Waals surface area (Å²) < 4.78 is 3.24. The van der Waals surface area contributed by atoms with Crippen LogP contribution in [0.2, 0.25) is 0 Å². The third-order valence-electron chi connectivity index (χ3n) is 5.68. The number of aryl methyl sites for hydroxylation is 1. The Morgan fingerprint density at radius 1 is 1.00 bits per heavy atom. The first kappa shape index (κ1) is 20.6. The number of benzene rings is 3. The number of aromatic nitrogens is 4. The number of fused-ring (bicyclic) bond motifs is 2. The molecule has 2 heterocycles. The summed E-state index contributed by atoms with van der Waals surface area (Å²) in [6, 6.07) is 21.6. The van der Waals surface area contributed by atoms with Gasteiger partial charge >= 0.3 is 0 Å². The minimum atomic E-state index is -0.148. The van der Waals surface area contributed by atoms with Crippen molar-refractivity contribution in [2.45, 2.75) is 20.0 Å². The number of amides is 1. The SMILES string of the molecule is Cc1cccc(Cn2cnc3c(cnn3CCNC(=O)c3ccc4ccccc4c3)c2=O)c1. The number of carbonyl (C=O) groups excluding carboxylic acids is 1. The van der Waals surface area contributed by atoms with Crippen molar-refractivity contribution in [3.8, 4) is 0 Å². The Morgan fingerprint density at radius 2 is 1.85 bits per heavy atom. The molecule has 0 aliphatic heterocycles. The Hall–Kier alpha value is -4.26. The van der Waals surface area contributed by atoms with Crippen LogP contribution in [0.1, 0.15) is 21.5 Å². The summed E-state index contributed by atoms with van der Waals surface area (Å²) in [6.07, 6.45) is 3.10. The van der Waals surface area contributed by atoms with E-state index in [1.807, 2.05) is 67.6 Å². The Balaban J connectivity index is 1.27. The highest BCUT2D eigenvalue weighted by atomic mass is 16.1. The van der Waals surface area contributed by atoms with E-state index in [4.69, 9.17) is 0 Å². The first-order valence-electron chi connectivity index (χ1n) is 10.8. The molecule has 1 N–H and O–H groups in total. The average Bonchev–Trinajstić information content (AvgIpc) is 3.24. The van der Waals surface area contributed by atoms with Gasteiger partial charge in [0.05, 0.1) is 19.3 Å². The molecule has 0 bridgehead atoms. The number of nitrogens with zero attached hydrogens (tertiary/aromatic N) is 4. The van der Waals surface area contributed by atoms with Gasteiger partial charge in [0.25, 0.3) is 11.5 Å². The van der Waals surface area contributed by atoms with Crippen molar-refractivity contribution in [2.75, 3.05) is 6.54 Å². The Kier molecular flexibility index (Phi) is 5.44. The van der Waals surface area contributed by atoms with Crippen LogP contribution in [0.3, 0.4) is 0 Å². The first-order chi connectivity index (χ1) is 16.1. The van der Waals surface area contributed by atoms with Crippen LogP contribution in [-0.2, 0) is 13.1 Å². The van der Waals surface area contributed by atoms with Gasteiger partial charge in [0.2, 0.25) is 0 Å². The van der Waals surface area contributed by atoms with Crippen LogP contribution in [0.25, 0.3) is 21.8 Å². The number of hydrogen-bond acceptors (Lipinski definition) is 4. The minimum Gasteiger partial charge on any atom is -0.350 e. The summed E-state index contributed by atoms with van der Waals surface area (Å²) in [4.78, 5) is 29.9. The molecule has 0 aliphatic rings. The van der Waals surface area contributed by atoms with Crippen molar-refractivity contribution in [3.63, 3.8) is 0 Å². The van der Waals surface area contributed by atoms with Crippen LogP contribution in [-0.4, -0.2) is 31.8 Å². The molecule has 5 aromatic rings. The molecule has 33 heavy (non-hydrogen) atoms. The van der Waals surface area contributed by atoms with Crippen LogP contribution >= 0.6 is 0 Å². The van der Waals surface area contributed by atoms with Gasteiger partial charge in [0, 0.05) is 12.1 Å². The zero-order valence-corrected chi connectivity index (χ0v) is 18.2. The zero-order valence-electron chi connectivity index (χ0n) is 18.2. The Bertz CT molecular complexity index is 1530. The largest absolute Gasteiger partial charge is 0.350 e. The van der Waals surface area contributed by atoms with E-state index in [1.54, 1.807) is 21.8 Å². The second-order valence-corrected chi connectivity index (χ2v) is 8.09. The van der Waals surface area contributed by atoms with Gasteiger partial charge < -0.3 is 5.32 Å². The van der Waals surface area contributed by atoms with Crippen molar-refractivity contribution >= 4 is 27.7 Å². The lowest BCUT2D eigenvalue weighted by molar-refractivity contribution is 0.0952. The molecular formula is C26H23N5O2. The van der Waals surface area contributed by atoms with Gasteiger partial charge in [-0.2, -0.15) is 5.10 Å². The lowest BCUT2D eigenvalue weighted by atomic mass is 10.1. The van der Waals surface area contributed by atoms with Gasteiger partial charge in [-0.1, -0.05) is 60.2 Å². The van der Waals surface area contributed by atoms with Crippen molar-refractivity contribution < 1.29 is 4.79 Å². The predicted molar refractivity (Wildman–Crippen MR) is 128 cm³/mol. The third-order valence-corrected chi connectivity index (χ3v) is 5.68. The maximum Gasteiger partial charge on any atom is 0.264 e. The molecule has 0 saturated carbocycles. The average molecular weight is 438 g/mol. The molecule has 0 aliphatic carbocycles. The standard InChI is InChI=1S/C26H23N5O2/c1-18-5-4-6-19(13-18)16-30-17-28-24-23(26(30)33)15-29-31(24)12-11-27-25(32)22-10-9-20-7-2-3-8-21(20)14-22/h2-10,13-15,17H,11-12,16H2,1H3,(H,27,32). The van der Waals surface area contributed by atoms with Crippen molar-refractivity contribution in [3.05, 3.63) is 106 Å². The highest BCUT2D eigenvalue weighted by molar-refractivity contribution is 5.98. The van der Waals surface area contributed by atoms with Gasteiger partial charge in [0.15, 0.2) is 5.65 Å². The van der Waals surface area contributed by atoms with Crippen LogP contribution < -0.4 is 10.9 Å². The molecule has 7 heteroatoms. The molecule has 0 unspecified atom stereocenters. The lowest BCUT2D eigenvalue weighted by Gasteiger charge is -2.08. The van der Waals surface area contributed by atoms with E-state index in [0.717, 1.165) is 21.9 Å². The summed E-state index contributed by atoms with van der Waals surface area (Å²) in [7, 11) is 0. The fourth-order valence-corrected chi connectivity index (χ4v) is 3.99. The highest BCUT2D eigenvalue weighted by Gasteiger charge is 2.11. The van der Waals surface area contributed by atoms with Gasteiger partial charge in [0.1, 0.15) is 11.7 Å². The monoisotopic (exact) mass is 437 g/mol. The molecule has 7 nitrogen and oxygen atoms in total. The smallest absolute Gasteiger partial charge is 0.264 e. The van der Waals surface area contributed by atoms with Gasteiger partial charge in [-0.25, -0.2) is 9.67 Å². The van der Waals surface area contributed by atoms with Crippen molar-refractivity contribution in [1.82, 2.24) is 24.6 Å². The molecule has 0 spiro atoms. The van der Waals surface area contributed by atoms with Crippen LogP contribution in [0.15, 0.2) is 84.0 Å². The number of hydrogen-bond donors (Lipinski definition) is 1. The molecular weight excluding hydrogens is 414 g/mol. The van der Waals surface area contributed by atoms with Crippen LogP contribution in [0, 0.1) is 6.92 Å². The van der Waals surface area contributed by atoms with Gasteiger partial charge in [-0.3, -0.25) is 14.2 Å². The summed E-state index contributed by atoms with van der Waals surface area (Å²) in [5.41, 5.74) is 3.18. The number of nitrogens with one attached hydrogen (secondary N) is 1. The van der Waals surface area contributed by atoms with Crippen molar-refractivity contribution in [1.29, 1.82) is 0 Å². The van der Waals surface area contributed by atoms with E-state index < -0.39 is 0 Å². The van der Waals surface area contributed by atoms with Crippen LogP contribution in [0.4, 0.5) is 0 Å². The highest BCUT2D eigenvalue weighted by Crippen LogP contribution is 2.15. The van der Waals surface area contributed by atoms with E-state index in [2.05, 4.69) is 21.5 Å². The van der Waals surface area contributed by atoms with E-state index in [9.17, 15) is 9.59 Å². The van der Waals surface area contributed by atoms with Gasteiger partial charge in [-0.05, 0) is 35.4 Å². The molecule has 5 rings (SSSR count). The molecule has 0 atom stereocenters. The summed E-state index contributed by atoms with van der Waals surface area (Å²) in [5.74, 6) is -0.148. The quantitative estimate of drug-likeness (QED) is 0.441. The molecule has 0 saturated heterocycles. The van der Waals surface area contributed by atoms with Gasteiger partial charge in [-0.15, -0.1) is 0 Å². The zero-order chi connectivity index (χ0) is 22.8. The fourth-order valence-electron chi connectivity index (χ4n) is 3.99. The number of rotatable bonds is 6. The van der Waals surface area contributed by atoms with Crippen molar-refractivity contribution in [2.24, 2.45) is 0 Å². The maximum absolute atomic E-state index is 12.9. The molecule has 0 fully saturated rings. The Labute approximate surface area is 190 Å². The van der Waals surface area contributed by atoms with Crippen LogP contribution in [0.5, 0.6) is 0 Å². The predicted octanol–water partition coefficient (Wildman–Crippen LogP) is 3.53. The minimum absolute atomic E-state index is 0.132. The fraction of sp³-hybridized carbons (Fsp3) is 0.154. The summed E-state index contributed by atoms with van der Waals surface area (Å²) >= 11 is 0. The van der Waals surface area contributed by atoms with E-state index in [-0.39, 0.29) is 11.5 Å². The first-order valence-corrected chi connectivity index (χ1v) is 10.8. The normalized spacial score (nSPS) is 11.2. The van der Waals surface area contributed by atoms with E-state index in [1.165, 1.54) is 0 Å². The second kappa shape index (κ2) is 8.70. The third kappa shape index (κ3) is 4.25. The lowest BCUT2D eigenvalue weighted by Crippen LogP contribution is -2.27. The topological polar surface area (TPSA) is 81.8 Å². The van der Waals surface area contributed by atoms with E-state index >= 15 is 0 Å². The van der Waals surface area contributed by atoms with E-state index in [0.29, 0.717) is 36.2 Å². The maximum atomic E-state index is 12.9. The Morgan fingerprint density at radius 3 is 2.70 bits per heavy atom. The molecule has 0 radical (unpaired) electrons. The molecule has 1 amide bonds. The molecule has 3 aromatic carbocycles. The summed E-state index contributed by atoms with van der Waals surface area (Å²) in [6.45, 7) is 3.26.